The van der Waals surface area contributed by atoms with Gasteiger partial charge in [-0.1, -0.05) is 30.3 Å². The van der Waals surface area contributed by atoms with Crippen molar-refractivity contribution >= 4 is 0 Å². The van der Waals surface area contributed by atoms with Crippen molar-refractivity contribution in [1.82, 2.24) is 24.6 Å². The topological polar surface area (TPSA) is 37.2 Å². The molecular formula is C19H29N5. The van der Waals surface area contributed by atoms with Gasteiger partial charge in [-0.15, -0.1) is 0 Å². The highest BCUT2D eigenvalue weighted by Gasteiger charge is 2.22. The normalized spacial score (nSPS) is 20.4. The number of rotatable bonds is 5. The average Bonchev–Trinajstić information content (AvgIpc) is 2.98. The van der Waals surface area contributed by atoms with Crippen molar-refractivity contribution < 1.29 is 0 Å². The second-order valence-corrected chi connectivity index (χ2v) is 7.08. The van der Waals surface area contributed by atoms with Crippen molar-refractivity contribution in [1.29, 1.82) is 0 Å². The van der Waals surface area contributed by atoms with Gasteiger partial charge in [-0.3, -0.25) is 9.80 Å². The van der Waals surface area contributed by atoms with Gasteiger partial charge in [-0.25, -0.2) is 9.67 Å². The summed E-state index contributed by atoms with van der Waals surface area (Å²) in [6, 6.07) is 11.8. The van der Waals surface area contributed by atoms with E-state index in [4.69, 9.17) is 0 Å². The molecule has 1 atom stereocenters. The molecule has 130 valence electrons. The Morgan fingerprint density at radius 2 is 1.88 bits per heavy atom. The molecule has 5 nitrogen and oxygen atoms in total. The summed E-state index contributed by atoms with van der Waals surface area (Å²) in [5.74, 6) is 1.08. The third kappa shape index (κ3) is 4.22. The van der Waals surface area contributed by atoms with Gasteiger partial charge in [0, 0.05) is 38.3 Å². The lowest BCUT2D eigenvalue weighted by molar-refractivity contribution is 0.204. The minimum Gasteiger partial charge on any atom is -0.295 e. The van der Waals surface area contributed by atoms with E-state index >= 15 is 0 Å². The minimum absolute atomic E-state index is 0.364. The molecule has 1 saturated heterocycles. The molecule has 5 heteroatoms. The van der Waals surface area contributed by atoms with Crippen LogP contribution in [0.2, 0.25) is 0 Å². The summed E-state index contributed by atoms with van der Waals surface area (Å²) in [6.45, 7) is 11.9. The quantitative estimate of drug-likeness (QED) is 0.846. The molecule has 1 aliphatic rings. The van der Waals surface area contributed by atoms with E-state index in [-0.39, 0.29) is 0 Å². The van der Waals surface area contributed by atoms with Crippen LogP contribution in [0.25, 0.3) is 0 Å². The zero-order valence-corrected chi connectivity index (χ0v) is 15.1. The van der Waals surface area contributed by atoms with Crippen molar-refractivity contribution in [2.45, 2.75) is 52.4 Å². The van der Waals surface area contributed by atoms with Crippen LogP contribution >= 0.6 is 0 Å². The van der Waals surface area contributed by atoms with Crippen LogP contribution in [0.3, 0.4) is 0 Å². The summed E-state index contributed by atoms with van der Waals surface area (Å²) in [6.07, 6.45) is 2.88. The average molecular weight is 327 g/mol. The maximum Gasteiger partial charge on any atom is 0.141 e. The van der Waals surface area contributed by atoms with Gasteiger partial charge in [0.25, 0.3) is 0 Å². The van der Waals surface area contributed by atoms with Crippen molar-refractivity contribution in [3.63, 3.8) is 0 Å². The van der Waals surface area contributed by atoms with Crippen molar-refractivity contribution in [2.24, 2.45) is 0 Å². The summed E-state index contributed by atoms with van der Waals surface area (Å²) in [4.78, 5) is 9.58. The van der Waals surface area contributed by atoms with Gasteiger partial charge in [0.1, 0.15) is 12.2 Å². The number of hydrogen-bond donors (Lipinski definition) is 0. The first kappa shape index (κ1) is 17.1. The van der Waals surface area contributed by atoms with Crippen LogP contribution in [-0.2, 0) is 13.1 Å². The molecule has 0 N–H and O–H groups in total. The molecular weight excluding hydrogens is 298 g/mol. The smallest absolute Gasteiger partial charge is 0.141 e. The molecule has 1 fully saturated rings. The Labute approximate surface area is 145 Å². The van der Waals surface area contributed by atoms with Gasteiger partial charge in [-0.2, -0.15) is 5.10 Å². The molecule has 0 amide bonds. The molecule has 24 heavy (non-hydrogen) atoms. The number of nitrogens with zero attached hydrogens (tertiary/aromatic N) is 5. The van der Waals surface area contributed by atoms with Crippen LogP contribution in [0.15, 0.2) is 36.7 Å². The predicted molar refractivity (Wildman–Crippen MR) is 96.6 cm³/mol. The van der Waals surface area contributed by atoms with E-state index in [0.717, 1.165) is 38.5 Å². The third-order valence-corrected chi connectivity index (χ3v) is 4.92. The van der Waals surface area contributed by atoms with Crippen LogP contribution in [0.1, 0.15) is 44.6 Å². The first-order valence-electron chi connectivity index (χ1n) is 9.02. The molecule has 0 radical (unpaired) electrons. The lowest BCUT2D eigenvalue weighted by Crippen LogP contribution is -2.34. The molecule has 1 aromatic heterocycles. The SMILES string of the molecule is CC(C)n1ncnc1CN1CC[C@H](C)N(Cc2ccccc2)CC1. The zero-order valence-electron chi connectivity index (χ0n) is 15.1. The van der Waals surface area contributed by atoms with Crippen LogP contribution in [0, 0.1) is 0 Å². The summed E-state index contributed by atoms with van der Waals surface area (Å²) in [5, 5.41) is 4.36. The van der Waals surface area contributed by atoms with Gasteiger partial charge in [0.15, 0.2) is 0 Å². The maximum absolute atomic E-state index is 4.46. The molecule has 2 aromatic rings. The van der Waals surface area contributed by atoms with E-state index in [0.29, 0.717) is 12.1 Å². The number of hydrogen-bond acceptors (Lipinski definition) is 4. The fourth-order valence-corrected chi connectivity index (χ4v) is 3.38. The molecule has 0 spiro atoms. The first-order chi connectivity index (χ1) is 11.6. The molecule has 0 bridgehead atoms. The summed E-state index contributed by atoms with van der Waals surface area (Å²) >= 11 is 0. The van der Waals surface area contributed by atoms with Gasteiger partial charge in [-0.05, 0) is 32.8 Å². The molecule has 0 saturated carbocycles. The van der Waals surface area contributed by atoms with Crippen molar-refractivity contribution in [3.05, 3.63) is 48.0 Å². The summed E-state index contributed by atoms with van der Waals surface area (Å²) < 4.78 is 2.04. The standard InChI is InChI=1S/C19H29N5/c1-16(2)24-19(20-15-21-24)14-22-10-9-17(3)23(12-11-22)13-18-7-5-4-6-8-18/h4-8,15-17H,9-14H2,1-3H3/t17-/m0/s1. The van der Waals surface area contributed by atoms with Gasteiger partial charge < -0.3 is 0 Å². The molecule has 3 rings (SSSR count). The Bertz CT molecular complexity index is 622. The van der Waals surface area contributed by atoms with Crippen LogP contribution in [0.4, 0.5) is 0 Å². The lowest BCUT2D eigenvalue weighted by Gasteiger charge is -2.26. The second-order valence-electron chi connectivity index (χ2n) is 7.08. The third-order valence-electron chi connectivity index (χ3n) is 4.92. The van der Waals surface area contributed by atoms with E-state index in [1.807, 2.05) is 4.68 Å². The van der Waals surface area contributed by atoms with Gasteiger partial charge in [0.2, 0.25) is 0 Å². The molecule has 1 aliphatic heterocycles. The largest absolute Gasteiger partial charge is 0.295 e. The van der Waals surface area contributed by atoms with E-state index in [9.17, 15) is 0 Å². The zero-order chi connectivity index (χ0) is 16.9. The Balaban J connectivity index is 1.60. The molecule has 2 heterocycles. The first-order valence-corrected chi connectivity index (χ1v) is 9.02. The Kier molecular flexibility index (Phi) is 5.63. The fraction of sp³-hybridized carbons (Fsp3) is 0.579. The highest BCUT2D eigenvalue weighted by Crippen LogP contribution is 2.16. The Hall–Kier alpha value is -1.72. The van der Waals surface area contributed by atoms with Crippen LogP contribution in [-0.4, -0.2) is 50.2 Å². The highest BCUT2D eigenvalue weighted by atomic mass is 15.4. The fourth-order valence-electron chi connectivity index (χ4n) is 3.38. The minimum atomic E-state index is 0.364. The Morgan fingerprint density at radius 1 is 1.08 bits per heavy atom. The monoisotopic (exact) mass is 327 g/mol. The number of benzene rings is 1. The van der Waals surface area contributed by atoms with E-state index in [1.165, 1.54) is 12.0 Å². The molecule has 1 aromatic carbocycles. The summed E-state index contributed by atoms with van der Waals surface area (Å²) in [5.41, 5.74) is 1.40. The molecule has 0 unspecified atom stereocenters. The number of aromatic nitrogens is 3. The lowest BCUT2D eigenvalue weighted by atomic mass is 10.1. The van der Waals surface area contributed by atoms with E-state index < -0.39 is 0 Å². The van der Waals surface area contributed by atoms with Crippen LogP contribution in [0.5, 0.6) is 0 Å². The summed E-state index contributed by atoms with van der Waals surface area (Å²) in [7, 11) is 0. The van der Waals surface area contributed by atoms with Crippen molar-refractivity contribution in [3.8, 4) is 0 Å². The van der Waals surface area contributed by atoms with Crippen LogP contribution < -0.4 is 0 Å². The maximum atomic E-state index is 4.46. The highest BCUT2D eigenvalue weighted by molar-refractivity contribution is 5.14. The van der Waals surface area contributed by atoms with Gasteiger partial charge >= 0.3 is 0 Å². The van der Waals surface area contributed by atoms with Crippen molar-refractivity contribution in [2.75, 3.05) is 19.6 Å². The van der Waals surface area contributed by atoms with Gasteiger partial charge in [0.05, 0.1) is 6.54 Å². The second kappa shape index (κ2) is 7.90. The van der Waals surface area contributed by atoms with E-state index in [1.54, 1.807) is 6.33 Å². The van der Waals surface area contributed by atoms with E-state index in [2.05, 4.69) is 71.0 Å². The predicted octanol–water partition coefficient (Wildman–Crippen LogP) is 2.96. The Morgan fingerprint density at radius 3 is 2.62 bits per heavy atom. The molecule has 0 aliphatic carbocycles.